The van der Waals surface area contributed by atoms with Gasteiger partial charge in [-0.25, -0.2) is 4.79 Å². The van der Waals surface area contributed by atoms with E-state index >= 15 is 0 Å². The van der Waals surface area contributed by atoms with Crippen LogP contribution in [0.25, 0.3) is 0 Å². The number of carbonyl (C=O) groups is 1. The third-order valence-corrected chi connectivity index (χ3v) is 2.84. The molecule has 15 heavy (non-hydrogen) atoms. The summed E-state index contributed by atoms with van der Waals surface area (Å²) < 4.78 is 5.11. The molecule has 1 rings (SSSR count). The molecular formula is C13H20O2. The Hall–Kier alpha value is -1.05. The van der Waals surface area contributed by atoms with Crippen LogP contribution in [0.4, 0.5) is 0 Å². The predicted octanol–water partition coefficient (Wildman–Crippen LogP) is 3.39. The smallest absolute Gasteiger partial charge is 0.333 e. The topological polar surface area (TPSA) is 26.3 Å². The molecule has 0 unspecified atom stereocenters. The molecule has 0 aromatic carbocycles. The number of hydrogen-bond donors (Lipinski definition) is 0. The highest BCUT2D eigenvalue weighted by atomic mass is 16.5. The first-order valence-corrected chi connectivity index (χ1v) is 5.72. The van der Waals surface area contributed by atoms with Crippen molar-refractivity contribution in [2.24, 2.45) is 0 Å². The maximum Gasteiger partial charge on any atom is 0.333 e. The third-order valence-electron chi connectivity index (χ3n) is 2.84. The van der Waals surface area contributed by atoms with E-state index in [1.165, 1.54) is 37.7 Å². The predicted molar refractivity (Wildman–Crippen MR) is 61.6 cm³/mol. The summed E-state index contributed by atoms with van der Waals surface area (Å²) in [4.78, 5) is 11.3. The van der Waals surface area contributed by atoms with Crippen molar-refractivity contribution in [2.75, 3.05) is 6.61 Å². The Kier molecular flexibility index (Phi) is 5.16. The fraction of sp³-hybridized carbons (Fsp3) is 0.615. The first-order valence-electron chi connectivity index (χ1n) is 5.72. The summed E-state index contributed by atoms with van der Waals surface area (Å²) in [6.45, 7) is 4.05. The minimum absolute atomic E-state index is 0.204. The van der Waals surface area contributed by atoms with Crippen molar-refractivity contribution >= 4 is 5.97 Å². The number of allylic oxidation sites excluding steroid dienone is 2. The lowest BCUT2D eigenvalue weighted by Crippen LogP contribution is -2.06. The van der Waals surface area contributed by atoms with E-state index in [9.17, 15) is 4.79 Å². The van der Waals surface area contributed by atoms with Crippen LogP contribution in [0.1, 0.15) is 46.0 Å². The standard InChI is InChI=1S/C13H20O2/c1-3-11(2)13(14)15-10-9-12-7-5-4-6-8-12/h3,9H,4-8,10H2,1-2H3. The van der Waals surface area contributed by atoms with E-state index in [1.807, 2.05) is 6.92 Å². The Labute approximate surface area is 92.0 Å². The molecule has 1 aliphatic carbocycles. The van der Waals surface area contributed by atoms with Gasteiger partial charge in [0.15, 0.2) is 0 Å². The Morgan fingerprint density at radius 3 is 2.60 bits per heavy atom. The van der Waals surface area contributed by atoms with Gasteiger partial charge < -0.3 is 4.74 Å². The number of esters is 1. The summed E-state index contributed by atoms with van der Waals surface area (Å²) in [5.74, 6) is -0.204. The highest BCUT2D eigenvalue weighted by molar-refractivity contribution is 5.87. The molecule has 0 radical (unpaired) electrons. The molecule has 0 N–H and O–H groups in total. The van der Waals surface area contributed by atoms with Crippen LogP contribution in [0, 0.1) is 0 Å². The lowest BCUT2D eigenvalue weighted by molar-refractivity contribution is -0.137. The summed E-state index contributed by atoms with van der Waals surface area (Å²) in [5, 5.41) is 0. The van der Waals surface area contributed by atoms with Gasteiger partial charge in [0.2, 0.25) is 0 Å². The Morgan fingerprint density at radius 1 is 1.33 bits per heavy atom. The van der Waals surface area contributed by atoms with Gasteiger partial charge in [0.25, 0.3) is 0 Å². The van der Waals surface area contributed by atoms with Crippen LogP contribution < -0.4 is 0 Å². The lowest BCUT2D eigenvalue weighted by Gasteiger charge is -2.13. The van der Waals surface area contributed by atoms with Crippen LogP contribution in [0.5, 0.6) is 0 Å². The molecule has 0 heterocycles. The molecule has 0 saturated heterocycles. The second kappa shape index (κ2) is 6.44. The zero-order chi connectivity index (χ0) is 11.1. The molecular weight excluding hydrogens is 188 g/mol. The quantitative estimate of drug-likeness (QED) is 0.404. The molecule has 0 bridgehead atoms. The molecule has 1 saturated carbocycles. The molecule has 1 aliphatic rings. The van der Waals surface area contributed by atoms with Crippen molar-refractivity contribution < 1.29 is 9.53 Å². The Bertz CT molecular complexity index is 266. The Balaban J connectivity index is 2.28. The van der Waals surface area contributed by atoms with Crippen LogP contribution in [-0.2, 0) is 9.53 Å². The first-order chi connectivity index (χ1) is 7.24. The van der Waals surface area contributed by atoms with Crippen LogP contribution >= 0.6 is 0 Å². The van der Waals surface area contributed by atoms with Gasteiger partial charge in [-0.2, -0.15) is 0 Å². The second-order valence-electron chi connectivity index (χ2n) is 3.99. The van der Waals surface area contributed by atoms with E-state index in [2.05, 4.69) is 6.08 Å². The SMILES string of the molecule is CC=C(C)C(=O)OCC=C1CCCCC1. The molecule has 1 fully saturated rings. The van der Waals surface area contributed by atoms with Gasteiger partial charge in [-0.1, -0.05) is 18.1 Å². The molecule has 0 spiro atoms. The fourth-order valence-corrected chi connectivity index (χ4v) is 1.68. The number of ether oxygens (including phenoxy) is 1. The van der Waals surface area contributed by atoms with E-state index in [-0.39, 0.29) is 5.97 Å². The Morgan fingerprint density at radius 2 is 2.00 bits per heavy atom. The third kappa shape index (κ3) is 4.32. The van der Waals surface area contributed by atoms with Crippen molar-refractivity contribution in [2.45, 2.75) is 46.0 Å². The van der Waals surface area contributed by atoms with Crippen LogP contribution in [0.2, 0.25) is 0 Å². The van der Waals surface area contributed by atoms with Gasteiger partial charge in [0, 0.05) is 5.57 Å². The molecule has 2 heteroatoms. The van der Waals surface area contributed by atoms with Crippen molar-refractivity contribution in [3.05, 3.63) is 23.3 Å². The van der Waals surface area contributed by atoms with E-state index in [1.54, 1.807) is 13.0 Å². The minimum Gasteiger partial charge on any atom is -0.458 e. The molecule has 0 aromatic rings. The molecule has 0 aromatic heterocycles. The van der Waals surface area contributed by atoms with Crippen molar-refractivity contribution in [3.8, 4) is 0 Å². The molecule has 84 valence electrons. The summed E-state index contributed by atoms with van der Waals surface area (Å²) >= 11 is 0. The van der Waals surface area contributed by atoms with E-state index in [4.69, 9.17) is 4.74 Å². The lowest BCUT2D eigenvalue weighted by atomic mass is 9.95. The molecule has 0 aliphatic heterocycles. The number of hydrogen-bond acceptors (Lipinski definition) is 2. The zero-order valence-electron chi connectivity index (χ0n) is 9.71. The van der Waals surface area contributed by atoms with Gasteiger partial charge in [-0.15, -0.1) is 0 Å². The average Bonchev–Trinajstić information content (AvgIpc) is 2.29. The summed E-state index contributed by atoms with van der Waals surface area (Å²) in [6, 6.07) is 0. The average molecular weight is 208 g/mol. The van der Waals surface area contributed by atoms with E-state index in [0.717, 1.165) is 0 Å². The van der Waals surface area contributed by atoms with Gasteiger partial charge in [-0.05, 0) is 45.6 Å². The maximum atomic E-state index is 11.3. The minimum atomic E-state index is -0.204. The summed E-state index contributed by atoms with van der Waals surface area (Å²) in [6.07, 6.45) is 10.1. The summed E-state index contributed by atoms with van der Waals surface area (Å²) in [5.41, 5.74) is 2.13. The van der Waals surface area contributed by atoms with Crippen molar-refractivity contribution in [1.29, 1.82) is 0 Å². The molecule has 0 amide bonds. The highest BCUT2D eigenvalue weighted by Crippen LogP contribution is 2.22. The van der Waals surface area contributed by atoms with Gasteiger partial charge >= 0.3 is 5.97 Å². The van der Waals surface area contributed by atoms with Crippen LogP contribution in [0.3, 0.4) is 0 Å². The summed E-state index contributed by atoms with van der Waals surface area (Å²) in [7, 11) is 0. The van der Waals surface area contributed by atoms with Gasteiger partial charge in [0.05, 0.1) is 0 Å². The molecule has 0 atom stereocenters. The normalized spacial score (nSPS) is 17.5. The van der Waals surface area contributed by atoms with Gasteiger partial charge in [0.1, 0.15) is 6.61 Å². The fourth-order valence-electron chi connectivity index (χ4n) is 1.68. The second-order valence-corrected chi connectivity index (χ2v) is 3.99. The monoisotopic (exact) mass is 208 g/mol. The molecule has 2 nitrogen and oxygen atoms in total. The van der Waals surface area contributed by atoms with E-state index in [0.29, 0.717) is 12.2 Å². The highest BCUT2D eigenvalue weighted by Gasteiger charge is 2.06. The van der Waals surface area contributed by atoms with E-state index < -0.39 is 0 Å². The van der Waals surface area contributed by atoms with Crippen molar-refractivity contribution in [1.82, 2.24) is 0 Å². The number of rotatable bonds is 3. The van der Waals surface area contributed by atoms with Crippen LogP contribution in [-0.4, -0.2) is 12.6 Å². The van der Waals surface area contributed by atoms with Gasteiger partial charge in [-0.3, -0.25) is 0 Å². The maximum absolute atomic E-state index is 11.3. The first kappa shape index (κ1) is 12.0. The van der Waals surface area contributed by atoms with Crippen molar-refractivity contribution in [3.63, 3.8) is 0 Å². The van der Waals surface area contributed by atoms with Crippen LogP contribution in [0.15, 0.2) is 23.3 Å². The largest absolute Gasteiger partial charge is 0.458 e. The zero-order valence-corrected chi connectivity index (χ0v) is 9.71. The number of carbonyl (C=O) groups excluding carboxylic acids is 1.